The summed E-state index contributed by atoms with van der Waals surface area (Å²) in [7, 11) is 0. The summed E-state index contributed by atoms with van der Waals surface area (Å²) in [6, 6.07) is 10.4. The summed E-state index contributed by atoms with van der Waals surface area (Å²) in [6.07, 6.45) is 0. The zero-order chi connectivity index (χ0) is 25.2. The Bertz CT molecular complexity index is 1200. The number of aliphatic imine (C=N–C) groups is 1. The van der Waals surface area contributed by atoms with Gasteiger partial charge in [0, 0.05) is 49.5 Å². The molecule has 0 radical (unpaired) electrons. The topological polar surface area (TPSA) is 78.7 Å². The molecule has 0 saturated carbocycles. The molecule has 0 aliphatic carbocycles. The van der Waals surface area contributed by atoms with Gasteiger partial charge < -0.3 is 15.1 Å². The van der Waals surface area contributed by atoms with Gasteiger partial charge in [0.1, 0.15) is 11.5 Å². The van der Waals surface area contributed by atoms with E-state index in [1.54, 1.807) is 4.68 Å². The lowest BCUT2D eigenvalue weighted by Gasteiger charge is -2.37. The number of para-hydroxylation sites is 1. The highest BCUT2D eigenvalue weighted by Gasteiger charge is 2.25. The lowest BCUT2D eigenvalue weighted by atomic mass is 9.93. The molecule has 0 atom stereocenters. The van der Waals surface area contributed by atoms with Crippen molar-refractivity contribution in [2.75, 3.05) is 36.4 Å². The van der Waals surface area contributed by atoms with Crippen LogP contribution >= 0.6 is 11.3 Å². The summed E-state index contributed by atoms with van der Waals surface area (Å²) in [4.78, 5) is 26.1. The van der Waals surface area contributed by atoms with Crippen LogP contribution in [0, 0.1) is 13.8 Å². The lowest BCUT2D eigenvalue weighted by Crippen LogP contribution is -2.50. The number of aromatic nitrogens is 3. The molecule has 8 nitrogen and oxygen atoms in total. The van der Waals surface area contributed by atoms with Crippen molar-refractivity contribution < 1.29 is 4.79 Å². The molecule has 1 aliphatic heterocycles. The molecule has 2 aromatic heterocycles. The number of anilines is 2. The summed E-state index contributed by atoms with van der Waals surface area (Å²) < 4.78 is 1.79. The van der Waals surface area contributed by atoms with Gasteiger partial charge in [-0.15, -0.1) is 0 Å². The highest BCUT2D eigenvalue weighted by molar-refractivity contribution is 7.19. The highest BCUT2D eigenvalue weighted by atomic mass is 32.1. The third-order valence-electron chi connectivity index (χ3n) is 6.25. The Morgan fingerprint density at radius 3 is 2.49 bits per heavy atom. The van der Waals surface area contributed by atoms with Gasteiger partial charge in [0.2, 0.25) is 5.91 Å². The van der Waals surface area contributed by atoms with Crippen LogP contribution in [0.4, 0.5) is 15.8 Å². The molecule has 0 unspecified atom stereocenters. The van der Waals surface area contributed by atoms with E-state index >= 15 is 0 Å². The Morgan fingerprint density at radius 2 is 1.89 bits per heavy atom. The smallest absolute Gasteiger partial charge is 0.244 e. The van der Waals surface area contributed by atoms with Gasteiger partial charge in [0.15, 0.2) is 5.13 Å². The van der Waals surface area contributed by atoms with Crippen LogP contribution in [0.25, 0.3) is 0 Å². The van der Waals surface area contributed by atoms with Crippen LogP contribution in [0.3, 0.4) is 0 Å². The van der Waals surface area contributed by atoms with Crippen molar-refractivity contribution in [1.29, 1.82) is 0 Å². The van der Waals surface area contributed by atoms with Crippen LogP contribution in [0.5, 0.6) is 0 Å². The Labute approximate surface area is 211 Å². The van der Waals surface area contributed by atoms with E-state index in [1.807, 2.05) is 24.8 Å². The molecule has 186 valence electrons. The van der Waals surface area contributed by atoms with E-state index in [-0.39, 0.29) is 11.3 Å². The molecule has 1 aromatic carbocycles. The fourth-order valence-electron chi connectivity index (χ4n) is 4.38. The summed E-state index contributed by atoms with van der Waals surface area (Å²) in [5, 5.41) is 9.64. The Morgan fingerprint density at radius 1 is 1.17 bits per heavy atom. The minimum absolute atomic E-state index is 0.0864. The predicted octanol–water partition coefficient (Wildman–Crippen LogP) is 4.55. The quantitative estimate of drug-likeness (QED) is 0.489. The zero-order valence-corrected chi connectivity index (χ0v) is 22.2. The first-order chi connectivity index (χ1) is 16.7. The molecule has 3 aromatic rings. The monoisotopic (exact) mass is 493 g/mol. The molecule has 0 spiro atoms. The molecule has 9 heteroatoms. The van der Waals surface area contributed by atoms with Crippen molar-refractivity contribution in [3.63, 3.8) is 0 Å². The fraction of sp³-hybridized carbons (Fsp3) is 0.462. The van der Waals surface area contributed by atoms with Crippen LogP contribution in [-0.2, 0) is 23.3 Å². The lowest BCUT2D eigenvalue weighted by molar-refractivity contribution is -0.132. The molecular weight excluding hydrogens is 458 g/mol. The van der Waals surface area contributed by atoms with E-state index in [2.05, 4.69) is 72.1 Å². The number of nitrogens with zero attached hydrogens (tertiary/aromatic N) is 6. The van der Waals surface area contributed by atoms with E-state index in [9.17, 15) is 4.79 Å². The molecule has 1 aliphatic rings. The van der Waals surface area contributed by atoms with Crippen LogP contribution < -0.4 is 10.2 Å². The number of thiazole rings is 1. The maximum atomic E-state index is 12.8. The number of benzene rings is 1. The Kier molecular flexibility index (Phi) is 7.25. The van der Waals surface area contributed by atoms with Gasteiger partial charge in [0.25, 0.3) is 0 Å². The number of carbonyl (C=O) groups excluding carboxylic acids is 1. The van der Waals surface area contributed by atoms with E-state index in [4.69, 9.17) is 4.98 Å². The summed E-state index contributed by atoms with van der Waals surface area (Å²) in [5.74, 6) is 0.121. The number of hydrogen-bond donors (Lipinski definition) is 1. The number of amides is 1. The molecule has 1 saturated heterocycles. The maximum Gasteiger partial charge on any atom is 0.244 e. The second-order valence-corrected chi connectivity index (χ2v) is 11.0. The molecule has 1 fully saturated rings. The molecule has 3 heterocycles. The predicted molar refractivity (Wildman–Crippen MR) is 144 cm³/mol. The van der Waals surface area contributed by atoms with Crippen LogP contribution in [0.2, 0.25) is 0 Å². The van der Waals surface area contributed by atoms with Crippen molar-refractivity contribution in [2.24, 2.45) is 4.99 Å². The molecular formula is C26H35N7OS. The van der Waals surface area contributed by atoms with Gasteiger partial charge in [-0.1, -0.05) is 50.3 Å². The third kappa shape index (κ3) is 5.73. The fourth-order valence-corrected chi connectivity index (χ4v) is 5.36. The van der Waals surface area contributed by atoms with Crippen LogP contribution in [0.15, 0.2) is 35.3 Å². The first-order valence-corrected chi connectivity index (χ1v) is 12.8. The van der Waals surface area contributed by atoms with Crippen molar-refractivity contribution in [3.8, 4) is 0 Å². The van der Waals surface area contributed by atoms with Gasteiger partial charge >= 0.3 is 0 Å². The van der Waals surface area contributed by atoms with Gasteiger partial charge in [-0.2, -0.15) is 5.10 Å². The van der Waals surface area contributed by atoms with E-state index < -0.39 is 0 Å². The number of nitrogens with one attached hydrogen (secondary N) is 1. The molecule has 35 heavy (non-hydrogen) atoms. The summed E-state index contributed by atoms with van der Waals surface area (Å²) >= 11 is 1.54. The van der Waals surface area contributed by atoms with Crippen molar-refractivity contribution in [3.05, 3.63) is 53.0 Å². The van der Waals surface area contributed by atoms with Gasteiger partial charge in [0.05, 0.1) is 11.4 Å². The normalized spacial score (nSPS) is 14.3. The van der Waals surface area contributed by atoms with Gasteiger partial charge in [-0.25, -0.2) is 4.98 Å². The van der Waals surface area contributed by atoms with E-state index in [0.717, 1.165) is 40.3 Å². The second-order valence-electron chi connectivity index (χ2n) is 10.0. The number of rotatable bonds is 7. The van der Waals surface area contributed by atoms with Crippen molar-refractivity contribution >= 4 is 39.8 Å². The molecule has 1 amide bonds. The van der Waals surface area contributed by atoms with Crippen LogP contribution in [-0.4, -0.2) is 58.5 Å². The first-order valence-electron chi connectivity index (χ1n) is 12.0. The average Bonchev–Trinajstić information content (AvgIpc) is 3.40. The van der Waals surface area contributed by atoms with Gasteiger partial charge in [-0.05, 0) is 38.3 Å². The maximum absolute atomic E-state index is 12.8. The number of hydrogen-bond acceptors (Lipinski definition) is 7. The first kappa shape index (κ1) is 24.9. The standard InChI is InChI=1S/C26H35N7OS/c1-18-15-19(2)33(30-18)17-22(34)32-13-11-31(12-14-32)21-10-8-7-9-20(21)16-28-25-29-23(26(3,4)5)24(27-6)35-25/h7-10,15H,6,11-14,16-17H2,1-5H3,(H,28,29). The second kappa shape index (κ2) is 10.2. The van der Waals surface area contributed by atoms with Crippen molar-refractivity contribution in [1.82, 2.24) is 19.7 Å². The third-order valence-corrected chi connectivity index (χ3v) is 7.19. The van der Waals surface area contributed by atoms with Crippen molar-refractivity contribution in [2.45, 2.75) is 53.1 Å². The largest absolute Gasteiger partial charge is 0.368 e. The highest BCUT2D eigenvalue weighted by Crippen LogP contribution is 2.38. The van der Waals surface area contributed by atoms with E-state index in [0.29, 0.717) is 26.2 Å². The average molecular weight is 494 g/mol. The van der Waals surface area contributed by atoms with Gasteiger partial charge in [-0.3, -0.25) is 14.5 Å². The van der Waals surface area contributed by atoms with E-state index in [1.165, 1.54) is 22.6 Å². The summed E-state index contributed by atoms with van der Waals surface area (Å²) in [5.41, 5.74) is 5.23. The molecule has 4 rings (SSSR count). The number of piperazine rings is 1. The number of aryl methyl sites for hydroxylation is 2. The minimum atomic E-state index is -0.0864. The SMILES string of the molecule is C=Nc1sc(NCc2ccccc2N2CCN(C(=O)Cn3nc(C)cc3C)CC2)nc1C(C)(C)C. The molecule has 1 N–H and O–H groups in total. The Balaban J connectivity index is 1.38. The summed E-state index contributed by atoms with van der Waals surface area (Å²) in [6.45, 7) is 18.0. The molecule has 0 bridgehead atoms. The zero-order valence-electron chi connectivity index (χ0n) is 21.3. The Hall–Kier alpha value is -3.20. The number of carbonyl (C=O) groups is 1. The van der Waals surface area contributed by atoms with Crippen LogP contribution in [0.1, 0.15) is 43.4 Å². The minimum Gasteiger partial charge on any atom is -0.368 e.